The molecule has 0 heterocycles. The summed E-state index contributed by atoms with van der Waals surface area (Å²) in [5.41, 5.74) is 5.96. The van der Waals surface area contributed by atoms with Gasteiger partial charge in [0.05, 0.1) is 11.0 Å². The highest BCUT2D eigenvalue weighted by atomic mass is 32.2. The van der Waals surface area contributed by atoms with Crippen LogP contribution in [0, 0.1) is 12.7 Å². The van der Waals surface area contributed by atoms with Gasteiger partial charge in [0, 0.05) is 25.3 Å². The van der Waals surface area contributed by atoms with Crippen molar-refractivity contribution in [2.24, 2.45) is 5.73 Å². The molecule has 0 aromatic heterocycles. The molecule has 1 unspecified atom stereocenters. The van der Waals surface area contributed by atoms with Crippen LogP contribution in [0.5, 0.6) is 0 Å². The van der Waals surface area contributed by atoms with Gasteiger partial charge in [-0.2, -0.15) is 0 Å². The molecule has 1 rings (SSSR count). The summed E-state index contributed by atoms with van der Waals surface area (Å²) in [6.07, 6.45) is -0.252. The van der Waals surface area contributed by atoms with Crippen LogP contribution in [0.15, 0.2) is 17.0 Å². The average Bonchev–Trinajstić information content (AvgIpc) is 2.39. The van der Waals surface area contributed by atoms with Crippen LogP contribution in [0.3, 0.4) is 0 Å². The lowest BCUT2D eigenvalue weighted by molar-refractivity contribution is 0.0799. The van der Waals surface area contributed by atoms with Crippen LogP contribution < -0.4 is 10.5 Å². The van der Waals surface area contributed by atoms with Crippen molar-refractivity contribution < 1.29 is 17.5 Å². The number of sulfonamides is 1. The van der Waals surface area contributed by atoms with E-state index < -0.39 is 15.8 Å². The summed E-state index contributed by atoms with van der Waals surface area (Å²) in [6.45, 7) is 5.72. The number of nitrogens with one attached hydrogen (secondary N) is 1. The largest absolute Gasteiger partial charge is 0.377 e. The minimum absolute atomic E-state index is 0.0784. The van der Waals surface area contributed by atoms with Crippen LogP contribution in [-0.4, -0.2) is 27.7 Å². The third-order valence-corrected chi connectivity index (χ3v) is 4.44. The molecule has 0 aliphatic rings. The van der Waals surface area contributed by atoms with Gasteiger partial charge < -0.3 is 10.5 Å². The van der Waals surface area contributed by atoms with Crippen molar-refractivity contribution in [2.45, 2.75) is 38.3 Å². The molecule has 7 heteroatoms. The molecule has 0 radical (unpaired) electrons. The van der Waals surface area contributed by atoms with Gasteiger partial charge in [-0.1, -0.05) is 0 Å². The lowest BCUT2D eigenvalue weighted by atomic mass is 10.1. The van der Waals surface area contributed by atoms with Gasteiger partial charge in [0.1, 0.15) is 5.82 Å². The van der Waals surface area contributed by atoms with Crippen LogP contribution in [0.1, 0.15) is 25.0 Å². The van der Waals surface area contributed by atoms with Gasteiger partial charge in [-0.05, 0) is 38.5 Å². The second-order valence-electron chi connectivity index (χ2n) is 4.52. The number of rotatable bonds is 7. The molecule has 1 atom stereocenters. The molecule has 5 nitrogen and oxygen atoms in total. The normalized spacial score (nSPS) is 13.4. The van der Waals surface area contributed by atoms with E-state index in [4.69, 9.17) is 10.5 Å². The number of halogens is 1. The van der Waals surface area contributed by atoms with E-state index in [2.05, 4.69) is 4.72 Å². The van der Waals surface area contributed by atoms with Crippen molar-refractivity contribution >= 4 is 10.0 Å². The molecule has 0 aliphatic heterocycles. The van der Waals surface area contributed by atoms with E-state index in [0.29, 0.717) is 12.2 Å². The molecule has 0 aliphatic carbocycles. The van der Waals surface area contributed by atoms with Gasteiger partial charge in [-0.3, -0.25) is 0 Å². The monoisotopic (exact) mass is 304 g/mol. The first-order chi connectivity index (χ1) is 9.31. The molecule has 1 aromatic rings. The highest BCUT2D eigenvalue weighted by Crippen LogP contribution is 2.20. The highest BCUT2D eigenvalue weighted by Gasteiger charge is 2.20. The van der Waals surface area contributed by atoms with E-state index in [1.54, 1.807) is 6.92 Å². The van der Waals surface area contributed by atoms with Gasteiger partial charge in [0.15, 0.2) is 0 Å². The van der Waals surface area contributed by atoms with E-state index in [9.17, 15) is 12.8 Å². The van der Waals surface area contributed by atoms with Crippen molar-refractivity contribution in [3.63, 3.8) is 0 Å². The minimum Gasteiger partial charge on any atom is -0.377 e. The number of benzene rings is 1. The van der Waals surface area contributed by atoms with Crippen LogP contribution in [0.2, 0.25) is 0 Å². The van der Waals surface area contributed by atoms with Crippen molar-refractivity contribution in [2.75, 3.05) is 13.2 Å². The third-order valence-electron chi connectivity index (χ3n) is 2.89. The summed E-state index contributed by atoms with van der Waals surface area (Å²) >= 11 is 0. The standard InChI is InChI=1S/C13H21FN2O3S/c1-4-19-9(2)8-16-20(17,18)13-6-11(7-15)5-12(14)10(13)3/h5-6,9,16H,4,7-8,15H2,1-3H3. The first kappa shape index (κ1) is 17.0. The Labute approximate surface area is 119 Å². The van der Waals surface area contributed by atoms with Gasteiger partial charge in [0.25, 0.3) is 0 Å². The summed E-state index contributed by atoms with van der Waals surface area (Å²) in [5, 5.41) is 0. The van der Waals surface area contributed by atoms with Crippen molar-refractivity contribution in [1.29, 1.82) is 0 Å². The predicted octanol–water partition coefficient (Wildman–Crippen LogP) is 1.30. The number of ether oxygens (including phenoxy) is 1. The molecular weight excluding hydrogens is 283 g/mol. The maximum absolute atomic E-state index is 13.7. The summed E-state index contributed by atoms with van der Waals surface area (Å²) in [4.78, 5) is -0.0818. The zero-order valence-electron chi connectivity index (χ0n) is 11.9. The minimum atomic E-state index is -3.78. The second kappa shape index (κ2) is 7.12. The Bertz CT molecular complexity index is 561. The quantitative estimate of drug-likeness (QED) is 0.795. The van der Waals surface area contributed by atoms with Gasteiger partial charge in [-0.25, -0.2) is 17.5 Å². The topological polar surface area (TPSA) is 81.4 Å². The zero-order valence-corrected chi connectivity index (χ0v) is 12.8. The summed E-state index contributed by atoms with van der Waals surface area (Å²) < 4.78 is 45.8. The van der Waals surface area contributed by atoms with Crippen molar-refractivity contribution in [3.05, 3.63) is 29.1 Å². The lowest BCUT2D eigenvalue weighted by Crippen LogP contribution is -2.32. The molecular formula is C13H21FN2O3S. The fourth-order valence-electron chi connectivity index (χ4n) is 1.75. The van der Waals surface area contributed by atoms with E-state index in [-0.39, 0.29) is 29.7 Å². The van der Waals surface area contributed by atoms with Gasteiger partial charge in [-0.15, -0.1) is 0 Å². The first-order valence-electron chi connectivity index (χ1n) is 6.42. The van der Waals surface area contributed by atoms with Crippen molar-refractivity contribution in [3.8, 4) is 0 Å². The average molecular weight is 304 g/mol. The van der Waals surface area contributed by atoms with E-state index in [1.807, 2.05) is 6.92 Å². The first-order valence-corrected chi connectivity index (χ1v) is 7.90. The summed E-state index contributed by atoms with van der Waals surface area (Å²) in [5.74, 6) is -0.578. The van der Waals surface area contributed by atoms with E-state index >= 15 is 0 Å². The lowest BCUT2D eigenvalue weighted by Gasteiger charge is -2.15. The Morgan fingerprint density at radius 2 is 2.10 bits per heavy atom. The Morgan fingerprint density at radius 1 is 1.45 bits per heavy atom. The molecule has 0 spiro atoms. The zero-order chi connectivity index (χ0) is 15.3. The molecule has 0 fully saturated rings. The summed E-state index contributed by atoms with van der Waals surface area (Å²) in [7, 11) is -3.78. The molecule has 20 heavy (non-hydrogen) atoms. The summed E-state index contributed by atoms with van der Waals surface area (Å²) in [6, 6.07) is 2.64. The molecule has 0 saturated heterocycles. The molecule has 3 N–H and O–H groups in total. The highest BCUT2D eigenvalue weighted by molar-refractivity contribution is 7.89. The number of nitrogens with two attached hydrogens (primary N) is 1. The van der Waals surface area contributed by atoms with E-state index in [1.165, 1.54) is 19.1 Å². The molecule has 1 aromatic carbocycles. The molecule has 0 bridgehead atoms. The maximum Gasteiger partial charge on any atom is 0.241 e. The Hall–Kier alpha value is -1.02. The smallest absolute Gasteiger partial charge is 0.241 e. The molecule has 114 valence electrons. The SMILES string of the molecule is CCOC(C)CNS(=O)(=O)c1cc(CN)cc(F)c1C. The number of hydrogen-bond donors (Lipinski definition) is 2. The van der Waals surface area contributed by atoms with Crippen LogP contribution in [0.25, 0.3) is 0 Å². The fourth-order valence-corrected chi connectivity index (χ4v) is 3.17. The molecule has 0 saturated carbocycles. The molecule has 0 amide bonds. The van der Waals surface area contributed by atoms with E-state index in [0.717, 1.165) is 0 Å². The fraction of sp³-hybridized carbons (Fsp3) is 0.538. The van der Waals surface area contributed by atoms with Crippen LogP contribution in [0.4, 0.5) is 4.39 Å². The second-order valence-corrected chi connectivity index (χ2v) is 6.26. The van der Waals surface area contributed by atoms with Crippen molar-refractivity contribution in [1.82, 2.24) is 4.72 Å². The third kappa shape index (κ3) is 4.24. The van der Waals surface area contributed by atoms with Crippen LogP contribution >= 0.6 is 0 Å². The number of hydrogen-bond acceptors (Lipinski definition) is 4. The Balaban J connectivity index is 3.00. The van der Waals surface area contributed by atoms with Crippen LogP contribution in [-0.2, 0) is 21.3 Å². The Kier molecular flexibility index (Phi) is 6.07. The predicted molar refractivity (Wildman–Crippen MR) is 75.3 cm³/mol. The van der Waals surface area contributed by atoms with Gasteiger partial charge >= 0.3 is 0 Å². The van der Waals surface area contributed by atoms with Gasteiger partial charge in [0.2, 0.25) is 10.0 Å². The maximum atomic E-state index is 13.7. The Morgan fingerprint density at radius 3 is 2.65 bits per heavy atom.